The van der Waals surface area contributed by atoms with Crippen LogP contribution in [0.3, 0.4) is 0 Å². The summed E-state index contributed by atoms with van der Waals surface area (Å²) in [5.41, 5.74) is 1.65. The third-order valence-electron chi connectivity index (χ3n) is 6.46. The van der Waals surface area contributed by atoms with E-state index in [1.54, 1.807) is 19.2 Å². The van der Waals surface area contributed by atoms with Gasteiger partial charge in [0.15, 0.2) is 0 Å². The summed E-state index contributed by atoms with van der Waals surface area (Å²) in [6.07, 6.45) is 0. The normalized spacial score (nSPS) is 16.3. The molecule has 4 aromatic carbocycles. The first-order chi connectivity index (χ1) is 20.3. The number of rotatable bonds is 2. The maximum atomic E-state index is 12.5. The Hall–Kier alpha value is -1.60. The largest absolute Gasteiger partial charge is 1.00 e. The first-order valence-corrected chi connectivity index (χ1v) is 14.0. The number of fused-ring (bicyclic) bond motifs is 2. The second kappa shape index (κ2) is 20.4. The van der Waals surface area contributed by atoms with Crippen LogP contribution < -0.4 is 61.2 Å². The predicted octanol–water partition coefficient (Wildman–Crippen LogP) is 1.85. The average Bonchev–Trinajstić information content (AvgIpc) is 3.01. The summed E-state index contributed by atoms with van der Waals surface area (Å²) in [7, 11) is 1.62. The minimum absolute atomic E-state index is 0. The summed E-state index contributed by atoms with van der Waals surface area (Å²) in [6.45, 7) is 7.04. The molecule has 0 N–H and O–H groups in total. The van der Waals surface area contributed by atoms with Gasteiger partial charge in [0, 0.05) is 0 Å². The number of methoxy groups -OCH3 is 1. The maximum Gasteiger partial charge on any atom is 1.00 e. The third-order valence-corrected chi connectivity index (χ3v) is 6.46. The Morgan fingerprint density at radius 1 is 0.524 bits per heavy atom. The Balaban J connectivity index is 0.000000233. The molecule has 0 unspecified atom stereocenters. The van der Waals surface area contributed by atoms with Crippen LogP contribution in [0.4, 0.5) is 0 Å². The molecule has 0 radical (unpaired) electrons. The van der Waals surface area contributed by atoms with Gasteiger partial charge in [-0.2, -0.15) is 0 Å². The summed E-state index contributed by atoms with van der Waals surface area (Å²) < 4.78 is 37.3. The van der Waals surface area contributed by atoms with E-state index in [1.165, 1.54) is 0 Å². The Morgan fingerprint density at radius 3 is 1.29 bits per heavy atom. The molecule has 220 valence electrons. The number of hydrogen-bond acceptors (Lipinski definition) is 8. The van der Waals surface area contributed by atoms with Crippen molar-refractivity contribution in [2.75, 3.05) is 86.4 Å². The molecule has 1 aliphatic heterocycles. The van der Waals surface area contributed by atoms with Crippen molar-refractivity contribution in [2.24, 2.45) is 0 Å². The van der Waals surface area contributed by atoms with E-state index < -0.39 is 0 Å². The van der Waals surface area contributed by atoms with Gasteiger partial charge in [0.25, 0.3) is 0 Å². The average molecular weight is 603 g/mol. The summed E-state index contributed by atoms with van der Waals surface area (Å²) in [5, 5.41) is 16.9. The number of hydrogen-bond donors (Lipinski definition) is 0. The Morgan fingerprint density at radius 2 is 0.905 bits per heavy atom. The second-order valence-electron chi connectivity index (χ2n) is 9.23. The van der Waals surface area contributed by atoms with E-state index in [0.717, 1.165) is 27.1 Å². The van der Waals surface area contributed by atoms with Crippen LogP contribution in [0.25, 0.3) is 32.7 Å². The van der Waals surface area contributed by atoms with Gasteiger partial charge in [0.2, 0.25) is 0 Å². The smallest absolute Gasteiger partial charge is 0.872 e. The van der Waals surface area contributed by atoms with Gasteiger partial charge in [-0.1, -0.05) is 54.6 Å². The molecule has 5 rings (SSSR count). The van der Waals surface area contributed by atoms with E-state index in [0.29, 0.717) is 90.6 Å². The fourth-order valence-corrected chi connectivity index (χ4v) is 4.45. The molecule has 0 aromatic heterocycles. The monoisotopic (exact) mass is 602 g/mol. The van der Waals surface area contributed by atoms with Crippen molar-refractivity contribution in [3.05, 3.63) is 72.8 Å². The third kappa shape index (κ3) is 11.2. The van der Waals surface area contributed by atoms with E-state index in [2.05, 4.69) is 30.3 Å². The molecule has 0 saturated carbocycles. The standard InChI is InChI=1S/C21H16O2.C12H24O6.K/c1-23-16-10-11-20(22)19(13-16)21-17-8-4-2-6-14(17)12-15-7-3-5-9-18(15)21;1-2-14-5-6-16-9-10-18-12-11-17-8-7-15-4-3-13-1;/h2-13,22H,1H3;1-12H2;/q;;+1/p-1. The zero-order valence-electron chi connectivity index (χ0n) is 24.7. The van der Waals surface area contributed by atoms with Crippen LogP contribution in [-0.4, -0.2) is 86.4 Å². The summed E-state index contributed by atoms with van der Waals surface area (Å²) in [5.74, 6) is 0.698. The molecule has 0 amide bonds. The number of ether oxygens (including phenoxy) is 7. The van der Waals surface area contributed by atoms with Crippen LogP contribution in [0.1, 0.15) is 0 Å². The van der Waals surface area contributed by atoms with Crippen LogP contribution in [0.5, 0.6) is 11.5 Å². The molecule has 1 fully saturated rings. The molecule has 8 nitrogen and oxygen atoms in total. The molecule has 1 aliphatic rings. The molecule has 0 atom stereocenters. The Kier molecular flexibility index (Phi) is 16.9. The van der Waals surface area contributed by atoms with Gasteiger partial charge in [-0.25, -0.2) is 0 Å². The zero-order valence-corrected chi connectivity index (χ0v) is 27.8. The summed E-state index contributed by atoms with van der Waals surface area (Å²) >= 11 is 0. The van der Waals surface area contributed by atoms with Crippen LogP contribution in [-0.2, 0) is 28.4 Å². The van der Waals surface area contributed by atoms with Gasteiger partial charge in [-0.3, -0.25) is 0 Å². The van der Waals surface area contributed by atoms with E-state index in [4.69, 9.17) is 33.2 Å². The quantitative estimate of drug-likeness (QED) is 0.254. The van der Waals surface area contributed by atoms with Crippen molar-refractivity contribution in [1.82, 2.24) is 0 Å². The molecule has 0 aliphatic carbocycles. The van der Waals surface area contributed by atoms with Gasteiger partial charge in [-0.05, 0) is 50.9 Å². The summed E-state index contributed by atoms with van der Waals surface area (Å²) in [4.78, 5) is 0. The SMILES string of the molecule is C1COCCOCCOCCOCCOCCO1.COc1ccc([O-])c(-c2c3ccccc3cc3ccccc23)c1.[K+]. The van der Waals surface area contributed by atoms with E-state index in [1.807, 2.05) is 30.3 Å². The molecule has 0 bridgehead atoms. The van der Waals surface area contributed by atoms with Crippen LogP contribution in [0.2, 0.25) is 0 Å². The predicted molar refractivity (Wildman–Crippen MR) is 158 cm³/mol. The van der Waals surface area contributed by atoms with E-state index >= 15 is 0 Å². The van der Waals surface area contributed by atoms with Gasteiger partial charge < -0.3 is 38.3 Å². The number of benzene rings is 4. The minimum atomic E-state index is 0. The molecule has 4 aromatic rings. The van der Waals surface area contributed by atoms with Crippen molar-refractivity contribution in [3.63, 3.8) is 0 Å². The fourth-order valence-electron chi connectivity index (χ4n) is 4.45. The van der Waals surface area contributed by atoms with Crippen molar-refractivity contribution in [1.29, 1.82) is 0 Å². The molecule has 1 saturated heterocycles. The van der Waals surface area contributed by atoms with E-state index in [9.17, 15) is 5.11 Å². The van der Waals surface area contributed by atoms with Crippen molar-refractivity contribution in [3.8, 4) is 22.6 Å². The molecule has 1 heterocycles. The molecule has 42 heavy (non-hydrogen) atoms. The summed E-state index contributed by atoms with van der Waals surface area (Å²) in [6, 6.07) is 23.6. The van der Waals surface area contributed by atoms with Crippen LogP contribution in [0, 0.1) is 0 Å². The van der Waals surface area contributed by atoms with Gasteiger partial charge in [0.05, 0.1) is 86.4 Å². The van der Waals surface area contributed by atoms with Gasteiger partial charge in [0.1, 0.15) is 5.75 Å². The Bertz CT molecular complexity index is 1200. The van der Waals surface area contributed by atoms with Crippen LogP contribution in [0.15, 0.2) is 72.8 Å². The molecular weight excluding hydrogens is 563 g/mol. The van der Waals surface area contributed by atoms with Crippen molar-refractivity contribution < 1.29 is 89.6 Å². The van der Waals surface area contributed by atoms with Crippen molar-refractivity contribution in [2.45, 2.75) is 0 Å². The van der Waals surface area contributed by atoms with Gasteiger partial charge in [-0.15, -0.1) is 5.75 Å². The van der Waals surface area contributed by atoms with Crippen molar-refractivity contribution >= 4 is 21.5 Å². The van der Waals surface area contributed by atoms with Gasteiger partial charge >= 0.3 is 51.4 Å². The first kappa shape index (κ1) is 34.9. The second-order valence-corrected chi connectivity index (χ2v) is 9.23. The van der Waals surface area contributed by atoms with Crippen LogP contribution >= 0.6 is 0 Å². The topological polar surface area (TPSA) is 87.7 Å². The fraction of sp³-hybridized carbons (Fsp3) is 0.394. The minimum Gasteiger partial charge on any atom is -0.872 e. The molecule has 0 spiro atoms. The first-order valence-electron chi connectivity index (χ1n) is 14.0. The maximum absolute atomic E-state index is 12.5. The zero-order chi connectivity index (χ0) is 28.5. The van der Waals surface area contributed by atoms with E-state index in [-0.39, 0.29) is 57.1 Å². The Labute approximate surface area is 290 Å². The molecule has 9 heteroatoms. The molecular formula is C33H39KO8.